The number of carboxylic acid groups (broad SMARTS) is 1. The molecule has 1 amide bonds. The van der Waals surface area contributed by atoms with Crippen LogP contribution in [-0.4, -0.2) is 37.7 Å². The first-order chi connectivity index (χ1) is 11.0. The van der Waals surface area contributed by atoms with Gasteiger partial charge in [0.25, 0.3) is 0 Å². The fourth-order valence-corrected chi connectivity index (χ4v) is 3.00. The third-order valence-corrected chi connectivity index (χ3v) is 4.24. The van der Waals surface area contributed by atoms with Gasteiger partial charge in [-0.2, -0.15) is 5.10 Å². The van der Waals surface area contributed by atoms with Crippen LogP contribution in [0.1, 0.15) is 23.1 Å². The molecule has 120 valence electrons. The maximum absolute atomic E-state index is 12.5. The molecule has 0 spiro atoms. The Balaban J connectivity index is 1.73. The minimum Gasteiger partial charge on any atom is -0.480 e. The fraction of sp³-hybridized carbons (Fsp3) is 0.353. The average Bonchev–Trinajstić information content (AvgIpc) is 2.96. The third-order valence-electron chi connectivity index (χ3n) is 4.24. The molecule has 0 aliphatic carbocycles. The van der Waals surface area contributed by atoms with E-state index in [-0.39, 0.29) is 12.3 Å². The zero-order valence-electron chi connectivity index (χ0n) is 13.0. The van der Waals surface area contributed by atoms with Gasteiger partial charge in [-0.1, -0.05) is 24.3 Å². The maximum Gasteiger partial charge on any atom is 0.326 e. The molecule has 6 heteroatoms. The van der Waals surface area contributed by atoms with Crippen LogP contribution in [0.5, 0.6) is 0 Å². The summed E-state index contributed by atoms with van der Waals surface area (Å²) < 4.78 is 1.69. The van der Waals surface area contributed by atoms with E-state index in [1.165, 1.54) is 4.90 Å². The van der Waals surface area contributed by atoms with Gasteiger partial charge in [0.15, 0.2) is 0 Å². The predicted octanol–water partition coefficient (Wildman–Crippen LogP) is 1.39. The van der Waals surface area contributed by atoms with Gasteiger partial charge < -0.3 is 10.0 Å². The van der Waals surface area contributed by atoms with E-state index < -0.39 is 12.0 Å². The first-order valence-corrected chi connectivity index (χ1v) is 7.61. The topological polar surface area (TPSA) is 75.4 Å². The minimum atomic E-state index is -0.950. The van der Waals surface area contributed by atoms with Gasteiger partial charge in [0, 0.05) is 32.6 Å². The summed E-state index contributed by atoms with van der Waals surface area (Å²) in [6.45, 7) is 0.360. The van der Waals surface area contributed by atoms with Gasteiger partial charge in [-0.05, 0) is 23.1 Å². The summed E-state index contributed by atoms with van der Waals surface area (Å²) >= 11 is 0. The number of hydrogen-bond donors (Lipinski definition) is 1. The van der Waals surface area contributed by atoms with Gasteiger partial charge in [0.05, 0.1) is 6.20 Å². The molecule has 1 aromatic carbocycles. The van der Waals surface area contributed by atoms with Crippen molar-refractivity contribution in [1.82, 2.24) is 14.7 Å². The van der Waals surface area contributed by atoms with Crippen molar-refractivity contribution in [3.05, 3.63) is 53.3 Å². The van der Waals surface area contributed by atoms with Crippen molar-refractivity contribution in [1.29, 1.82) is 0 Å². The number of carboxylic acids is 1. The summed E-state index contributed by atoms with van der Waals surface area (Å²) in [6, 6.07) is 6.92. The lowest BCUT2D eigenvalue weighted by atomic mass is 9.93. The molecule has 1 atom stereocenters. The van der Waals surface area contributed by atoms with E-state index in [4.69, 9.17) is 0 Å². The number of aromatic nitrogens is 2. The Labute approximate surface area is 134 Å². The normalized spacial score (nSPS) is 16.9. The number of aryl methyl sites for hydroxylation is 2. The summed E-state index contributed by atoms with van der Waals surface area (Å²) in [5, 5.41) is 13.5. The largest absolute Gasteiger partial charge is 0.480 e. The first-order valence-electron chi connectivity index (χ1n) is 7.61. The van der Waals surface area contributed by atoms with Crippen molar-refractivity contribution in [2.24, 2.45) is 7.05 Å². The third kappa shape index (κ3) is 3.26. The number of nitrogens with zero attached hydrogens (tertiary/aromatic N) is 3. The van der Waals surface area contributed by atoms with Crippen LogP contribution in [0.2, 0.25) is 0 Å². The van der Waals surface area contributed by atoms with Crippen molar-refractivity contribution < 1.29 is 14.7 Å². The highest BCUT2D eigenvalue weighted by Gasteiger charge is 2.34. The maximum atomic E-state index is 12.5. The number of carbonyl (C=O) groups excluding carboxylic acids is 1. The molecule has 6 nitrogen and oxygen atoms in total. The minimum absolute atomic E-state index is 0.129. The van der Waals surface area contributed by atoms with Crippen molar-refractivity contribution >= 4 is 11.9 Å². The molecule has 0 radical (unpaired) electrons. The van der Waals surface area contributed by atoms with Crippen LogP contribution in [0.4, 0.5) is 0 Å². The highest BCUT2D eigenvalue weighted by Crippen LogP contribution is 2.24. The molecule has 0 saturated carbocycles. The lowest BCUT2D eigenvalue weighted by Crippen LogP contribution is -2.48. The smallest absolute Gasteiger partial charge is 0.326 e. The Kier molecular flexibility index (Phi) is 4.14. The van der Waals surface area contributed by atoms with Gasteiger partial charge in [-0.25, -0.2) is 4.79 Å². The lowest BCUT2D eigenvalue weighted by Gasteiger charge is -2.34. The Hall–Kier alpha value is -2.63. The van der Waals surface area contributed by atoms with E-state index in [1.807, 2.05) is 37.5 Å². The van der Waals surface area contributed by atoms with E-state index in [9.17, 15) is 14.7 Å². The fourth-order valence-electron chi connectivity index (χ4n) is 3.00. The Morgan fingerprint density at radius 2 is 2.04 bits per heavy atom. The van der Waals surface area contributed by atoms with Crippen LogP contribution in [-0.2, 0) is 36.0 Å². The molecule has 3 rings (SSSR count). The van der Waals surface area contributed by atoms with Crippen LogP contribution in [0.15, 0.2) is 36.7 Å². The Morgan fingerprint density at radius 1 is 1.30 bits per heavy atom. The highest BCUT2D eigenvalue weighted by atomic mass is 16.4. The molecule has 0 bridgehead atoms. The second-order valence-corrected chi connectivity index (χ2v) is 5.87. The van der Waals surface area contributed by atoms with Gasteiger partial charge >= 0.3 is 5.97 Å². The number of rotatable bonds is 4. The molecule has 1 aromatic heterocycles. The molecule has 2 aromatic rings. The van der Waals surface area contributed by atoms with E-state index >= 15 is 0 Å². The van der Waals surface area contributed by atoms with E-state index in [2.05, 4.69) is 5.10 Å². The van der Waals surface area contributed by atoms with Crippen LogP contribution in [0, 0.1) is 0 Å². The van der Waals surface area contributed by atoms with Gasteiger partial charge in [-0.15, -0.1) is 0 Å². The van der Waals surface area contributed by atoms with Gasteiger partial charge in [0.2, 0.25) is 5.91 Å². The number of hydrogen-bond acceptors (Lipinski definition) is 3. The van der Waals surface area contributed by atoms with E-state index in [0.29, 0.717) is 19.4 Å². The number of aliphatic carboxylic acids is 1. The molecule has 0 fully saturated rings. The molecule has 23 heavy (non-hydrogen) atoms. The summed E-state index contributed by atoms with van der Waals surface area (Å²) in [5.41, 5.74) is 3.01. The second-order valence-electron chi connectivity index (χ2n) is 5.87. The van der Waals surface area contributed by atoms with Gasteiger partial charge in [-0.3, -0.25) is 9.48 Å². The number of benzene rings is 1. The number of fused-ring (bicyclic) bond motifs is 1. The summed E-state index contributed by atoms with van der Waals surface area (Å²) in [5.74, 6) is -1.08. The zero-order valence-corrected chi connectivity index (χ0v) is 13.0. The quantitative estimate of drug-likeness (QED) is 0.925. The van der Waals surface area contributed by atoms with Crippen molar-refractivity contribution in [3.8, 4) is 0 Å². The molecule has 1 unspecified atom stereocenters. The lowest BCUT2D eigenvalue weighted by molar-refractivity contribution is -0.151. The molecule has 1 N–H and O–H groups in total. The van der Waals surface area contributed by atoms with Crippen LogP contribution >= 0.6 is 0 Å². The standard InChI is InChI=1S/C17H19N3O3/c1-19-10-12(9-18-19)6-7-16(21)20-11-14-5-3-2-4-13(14)8-15(20)17(22)23/h2-5,9-10,15H,6-8,11H2,1H3,(H,22,23). The molecule has 1 aliphatic heterocycles. The summed E-state index contributed by atoms with van der Waals surface area (Å²) in [6.07, 6.45) is 4.82. The van der Waals surface area contributed by atoms with Crippen molar-refractivity contribution in [2.45, 2.75) is 31.8 Å². The van der Waals surface area contributed by atoms with Crippen molar-refractivity contribution in [3.63, 3.8) is 0 Å². The van der Waals surface area contributed by atoms with Crippen LogP contribution in [0.3, 0.4) is 0 Å². The molecule has 2 heterocycles. The van der Waals surface area contributed by atoms with E-state index in [0.717, 1.165) is 16.7 Å². The van der Waals surface area contributed by atoms with Gasteiger partial charge in [0.1, 0.15) is 6.04 Å². The first kappa shape index (κ1) is 15.3. The Morgan fingerprint density at radius 3 is 2.70 bits per heavy atom. The second kappa shape index (κ2) is 6.24. The zero-order chi connectivity index (χ0) is 16.4. The SMILES string of the molecule is Cn1cc(CCC(=O)N2Cc3ccccc3CC2C(=O)O)cn1. The van der Waals surface area contributed by atoms with Crippen LogP contribution < -0.4 is 0 Å². The Bertz CT molecular complexity index is 738. The molecule has 0 saturated heterocycles. The predicted molar refractivity (Wildman–Crippen MR) is 83.6 cm³/mol. The number of amides is 1. The molecule has 1 aliphatic rings. The monoisotopic (exact) mass is 313 g/mol. The average molecular weight is 313 g/mol. The van der Waals surface area contributed by atoms with E-state index in [1.54, 1.807) is 10.9 Å². The molecular weight excluding hydrogens is 294 g/mol. The molecular formula is C17H19N3O3. The summed E-state index contributed by atoms with van der Waals surface area (Å²) in [7, 11) is 1.83. The van der Waals surface area contributed by atoms with Crippen molar-refractivity contribution in [2.75, 3.05) is 0 Å². The number of carbonyl (C=O) groups is 2. The summed E-state index contributed by atoms with van der Waals surface area (Å²) in [4.78, 5) is 25.6. The highest BCUT2D eigenvalue weighted by molar-refractivity contribution is 5.84. The van der Waals surface area contributed by atoms with Crippen LogP contribution in [0.25, 0.3) is 0 Å².